The smallest absolute Gasteiger partial charge is 0.399 e. The zero-order valence-electron chi connectivity index (χ0n) is 19.1. The Morgan fingerprint density at radius 3 is 1.47 bits per heavy atom. The number of aliphatic hydroxyl groups is 3. The van der Waals surface area contributed by atoms with Crippen LogP contribution in [0.3, 0.4) is 0 Å². The zero-order valence-corrected chi connectivity index (χ0v) is 24.4. The second kappa shape index (κ2) is 19.0. The zero-order chi connectivity index (χ0) is 22.9. The lowest BCUT2D eigenvalue weighted by Crippen LogP contribution is -2.49. The standard InChI is InChI=1S/C18H42O6S4Si2/c1-17(12-29(14-19,15-20)16-21)8-6-10-25-27-28-26-11-7-9-18(2)13-30(22-3,23-4)24-5/h17-21H,6-16H2,1-5H3. The third kappa shape index (κ3) is 13.3. The number of aliphatic hydroxyl groups excluding tert-OH is 3. The van der Waals surface area contributed by atoms with Crippen molar-refractivity contribution in [3.8, 4) is 0 Å². The van der Waals surface area contributed by atoms with Crippen molar-refractivity contribution < 1.29 is 28.6 Å². The van der Waals surface area contributed by atoms with Crippen molar-refractivity contribution in [1.82, 2.24) is 0 Å². The molecule has 0 aromatic carbocycles. The van der Waals surface area contributed by atoms with Gasteiger partial charge in [-0.05, 0) is 56.8 Å². The van der Waals surface area contributed by atoms with E-state index in [1.807, 2.05) is 41.2 Å². The van der Waals surface area contributed by atoms with E-state index in [0.29, 0.717) is 11.8 Å². The average Bonchev–Trinajstić information content (AvgIpc) is 2.77. The number of hydrogen-bond acceptors (Lipinski definition) is 10. The summed E-state index contributed by atoms with van der Waals surface area (Å²) < 4.78 is 16.5. The lowest BCUT2D eigenvalue weighted by molar-refractivity contribution is 0.118. The first kappa shape index (κ1) is 31.6. The Balaban J connectivity index is 3.69. The molecule has 0 spiro atoms. The summed E-state index contributed by atoms with van der Waals surface area (Å²) in [7, 11) is 7.77. The fraction of sp³-hybridized carbons (Fsp3) is 1.00. The minimum absolute atomic E-state index is 0.0322. The van der Waals surface area contributed by atoms with Crippen molar-refractivity contribution in [3.63, 3.8) is 0 Å². The maximum Gasteiger partial charge on any atom is 0.500 e. The van der Waals surface area contributed by atoms with Crippen LogP contribution in [0, 0.1) is 11.8 Å². The van der Waals surface area contributed by atoms with Gasteiger partial charge >= 0.3 is 8.80 Å². The summed E-state index contributed by atoms with van der Waals surface area (Å²) in [5.74, 6) is 3.20. The summed E-state index contributed by atoms with van der Waals surface area (Å²) in [4.78, 5) is 0. The van der Waals surface area contributed by atoms with Gasteiger partial charge in [0, 0.05) is 57.6 Å². The molecule has 0 aliphatic heterocycles. The van der Waals surface area contributed by atoms with Gasteiger partial charge in [0.2, 0.25) is 0 Å². The Hall–Kier alpha value is 1.59. The molecule has 0 radical (unpaired) electrons. The highest BCUT2D eigenvalue weighted by Crippen LogP contribution is 2.43. The highest BCUT2D eigenvalue weighted by Gasteiger charge is 2.39. The van der Waals surface area contributed by atoms with Crippen LogP contribution in [0.5, 0.6) is 0 Å². The summed E-state index contributed by atoms with van der Waals surface area (Å²) in [5, 5.41) is 28.5. The average molecular weight is 539 g/mol. The molecule has 30 heavy (non-hydrogen) atoms. The first-order chi connectivity index (χ1) is 14.4. The van der Waals surface area contributed by atoms with Crippen molar-refractivity contribution in [3.05, 3.63) is 0 Å². The molecule has 0 saturated carbocycles. The van der Waals surface area contributed by atoms with Gasteiger partial charge in [0.1, 0.15) is 8.07 Å². The summed E-state index contributed by atoms with van der Waals surface area (Å²) >= 11 is 0. The lowest BCUT2D eigenvalue weighted by Gasteiger charge is -2.27. The van der Waals surface area contributed by atoms with Crippen LogP contribution >= 0.6 is 41.2 Å². The molecule has 0 rings (SSSR count). The molecule has 3 N–H and O–H groups in total. The van der Waals surface area contributed by atoms with Crippen LogP contribution in [0.2, 0.25) is 12.1 Å². The molecular formula is C18H42O6S4Si2. The van der Waals surface area contributed by atoms with Gasteiger partial charge < -0.3 is 28.6 Å². The van der Waals surface area contributed by atoms with E-state index >= 15 is 0 Å². The van der Waals surface area contributed by atoms with E-state index in [0.717, 1.165) is 42.9 Å². The quantitative estimate of drug-likeness (QED) is 0.111. The van der Waals surface area contributed by atoms with Gasteiger partial charge in [-0.3, -0.25) is 0 Å². The normalized spacial score (nSPS) is 14.8. The van der Waals surface area contributed by atoms with Gasteiger partial charge in [0.15, 0.2) is 0 Å². The molecule has 0 fully saturated rings. The Labute approximate surface area is 200 Å². The van der Waals surface area contributed by atoms with Gasteiger partial charge in [-0.25, -0.2) is 0 Å². The van der Waals surface area contributed by atoms with Gasteiger partial charge in [0.05, 0.1) is 0 Å². The van der Waals surface area contributed by atoms with Gasteiger partial charge in [-0.1, -0.05) is 41.9 Å². The summed E-state index contributed by atoms with van der Waals surface area (Å²) in [6, 6.07) is 1.65. The molecule has 182 valence electrons. The van der Waals surface area contributed by atoms with E-state index < -0.39 is 16.9 Å². The minimum atomic E-state index is -2.46. The second-order valence-electron chi connectivity index (χ2n) is 7.95. The molecule has 0 heterocycles. The van der Waals surface area contributed by atoms with Crippen molar-refractivity contribution in [1.29, 1.82) is 0 Å². The third-order valence-corrected chi connectivity index (χ3v) is 18.6. The van der Waals surface area contributed by atoms with Crippen LogP contribution in [-0.4, -0.2) is 83.7 Å². The molecule has 2 unspecified atom stereocenters. The molecule has 6 nitrogen and oxygen atoms in total. The molecule has 0 aromatic rings. The molecule has 0 bridgehead atoms. The Bertz CT molecular complexity index is 354. The van der Waals surface area contributed by atoms with Crippen molar-refractivity contribution in [2.45, 2.75) is 51.6 Å². The van der Waals surface area contributed by atoms with E-state index in [2.05, 4.69) is 13.8 Å². The maximum absolute atomic E-state index is 9.48. The molecule has 0 saturated heterocycles. The first-order valence-electron chi connectivity index (χ1n) is 10.4. The van der Waals surface area contributed by atoms with E-state index in [4.69, 9.17) is 13.3 Å². The molecule has 2 atom stereocenters. The summed E-state index contributed by atoms with van der Waals surface area (Å²) in [5.41, 5.74) is 0. The van der Waals surface area contributed by atoms with E-state index in [1.165, 1.54) is 6.42 Å². The van der Waals surface area contributed by atoms with Crippen molar-refractivity contribution in [2.75, 3.05) is 51.5 Å². The molecular weight excluding hydrogens is 497 g/mol. The second-order valence-corrected chi connectivity index (χ2v) is 21.5. The fourth-order valence-electron chi connectivity index (χ4n) is 3.30. The highest BCUT2D eigenvalue weighted by molar-refractivity contribution is 9.26. The summed E-state index contributed by atoms with van der Waals surface area (Å²) in [6.07, 6.45) is 4.43. The Kier molecular flexibility index (Phi) is 20.0. The molecule has 0 aromatic heterocycles. The van der Waals surface area contributed by atoms with E-state index in [-0.39, 0.29) is 18.7 Å². The summed E-state index contributed by atoms with van der Waals surface area (Å²) in [6.45, 7) is 4.39. The third-order valence-electron chi connectivity index (χ3n) is 5.29. The topological polar surface area (TPSA) is 88.4 Å². The lowest BCUT2D eigenvalue weighted by atomic mass is 10.1. The first-order valence-corrected chi connectivity index (χ1v) is 20.3. The predicted octanol–water partition coefficient (Wildman–Crippen LogP) is 4.42. The van der Waals surface area contributed by atoms with Crippen LogP contribution in [0.15, 0.2) is 0 Å². The number of rotatable bonds is 21. The van der Waals surface area contributed by atoms with Gasteiger partial charge in [0.25, 0.3) is 0 Å². The van der Waals surface area contributed by atoms with Gasteiger partial charge in [-0.2, -0.15) is 0 Å². The molecule has 0 aliphatic carbocycles. The molecule has 12 heteroatoms. The van der Waals surface area contributed by atoms with E-state index in [9.17, 15) is 15.3 Å². The Morgan fingerprint density at radius 1 is 0.700 bits per heavy atom. The fourth-order valence-corrected chi connectivity index (χ4v) is 13.9. The monoisotopic (exact) mass is 538 g/mol. The number of hydrogen-bond donors (Lipinski definition) is 3. The molecule has 0 aliphatic rings. The van der Waals surface area contributed by atoms with Crippen LogP contribution in [-0.2, 0) is 13.3 Å². The van der Waals surface area contributed by atoms with Gasteiger partial charge in [-0.15, -0.1) is 0 Å². The Morgan fingerprint density at radius 2 is 1.10 bits per heavy atom. The van der Waals surface area contributed by atoms with Crippen LogP contribution in [0.25, 0.3) is 0 Å². The SMILES string of the molecule is CO[Si](CC(C)CCCSSSSCCCC(C)C[Si](CO)(CO)CO)(OC)OC. The van der Waals surface area contributed by atoms with E-state index in [1.54, 1.807) is 21.3 Å². The van der Waals surface area contributed by atoms with Crippen LogP contribution in [0.4, 0.5) is 0 Å². The van der Waals surface area contributed by atoms with Crippen LogP contribution < -0.4 is 0 Å². The minimum Gasteiger partial charge on any atom is -0.399 e. The van der Waals surface area contributed by atoms with Crippen LogP contribution in [0.1, 0.15) is 39.5 Å². The molecule has 0 amide bonds. The highest BCUT2D eigenvalue weighted by atomic mass is 33.7. The largest absolute Gasteiger partial charge is 0.500 e. The van der Waals surface area contributed by atoms with Crippen molar-refractivity contribution >= 4 is 58.1 Å². The maximum atomic E-state index is 9.48. The van der Waals surface area contributed by atoms with Crippen molar-refractivity contribution in [2.24, 2.45) is 11.8 Å². The predicted molar refractivity (Wildman–Crippen MR) is 140 cm³/mol.